The lowest BCUT2D eigenvalue weighted by molar-refractivity contribution is -0.143. The molecule has 0 aliphatic carbocycles. The van der Waals surface area contributed by atoms with Gasteiger partial charge in [-0.2, -0.15) is 0 Å². The first-order valence-electron chi connectivity index (χ1n) is 4.23. The molecule has 0 spiro atoms. The van der Waals surface area contributed by atoms with Crippen molar-refractivity contribution in [3.63, 3.8) is 0 Å². The van der Waals surface area contributed by atoms with Crippen LogP contribution < -0.4 is 0 Å². The van der Waals surface area contributed by atoms with Gasteiger partial charge in [-0.25, -0.2) is 0 Å². The van der Waals surface area contributed by atoms with E-state index >= 15 is 0 Å². The molecule has 0 fully saturated rings. The Morgan fingerprint density at radius 2 is 2.20 bits per heavy atom. The molecule has 0 aliphatic rings. The molecule has 4 nitrogen and oxygen atoms in total. The summed E-state index contributed by atoms with van der Waals surface area (Å²) in [4.78, 5) is 33.7. The lowest BCUT2D eigenvalue weighted by atomic mass is 10.0. The fraction of sp³-hybridized carbons (Fsp3) is 0.300. The number of hydrogen-bond donors (Lipinski definition) is 0. The largest absolute Gasteiger partial charge is 0.468 e. The van der Waals surface area contributed by atoms with E-state index in [2.05, 4.69) is 4.74 Å². The molecule has 1 unspecified atom stereocenters. The van der Waals surface area contributed by atoms with Gasteiger partial charge in [0.05, 0.1) is 7.11 Å². The third kappa shape index (κ3) is 2.30. The molecule has 0 saturated heterocycles. The van der Waals surface area contributed by atoms with Gasteiger partial charge in [0.1, 0.15) is 12.2 Å². The molecule has 0 bridgehead atoms. The van der Waals surface area contributed by atoms with E-state index in [1.54, 1.807) is 11.4 Å². The van der Waals surface area contributed by atoms with Gasteiger partial charge < -0.3 is 9.53 Å². The molecule has 0 aromatic carbocycles. The summed E-state index contributed by atoms with van der Waals surface area (Å²) in [6.45, 7) is 1.39. The van der Waals surface area contributed by atoms with Crippen molar-refractivity contribution < 1.29 is 19.1 Å². The molecule has 1 aromatic rings. The van der Waals surface area contributed by atoms with Crippen LogP contribution in [0.15, 0.2) is 11.4 Å². The smallest absolute Gasteiger partial charge is 0.321 e. The summed E-state index contributed by atoms with van der Waals surface area (Å²) in [5.74, 6) is -1.80. The first-order valence-corrected chi connectivity index (χ1v) is 5.11. The van der Waals surface area contributed by atoms with Gasteiger partial charge in [0.25, 0.3) is 0 Å². The van der Waals surface area contributed by atoms with Crippen LogP contribution in [0.1, 0.15) is 28.1 Å². The molecule has 1 aromatic heterocycles. The molecular weight excluding hydrogens is 216 g/mol. The maximum Gasteiger partial charge on any atom is 0.321 e. The van der Waals surface area contributed by atoms with Crippen molar-refractivity contribution in [2.75, 3.05) is 7.11 Å². The fourth-order valence-corrected chi connectivity index (χ4v) is 2.19. The fourth-order valence-electron chi connectivity index (χ4n) is 1.20. The highest BCUT2D eigenvalue weighted by atomic mass is 32.1. The lowest BCUT2D eigenvalue weighted by Gasteiger charge is -2.07. The van der Waals surface area contributed by atoms with Crippen molar-refractivity contribution in [1.29, 1.82) is 0 Å². The normalized spacial score (nSPS) is 11.9. The zero-order chi connectivity index (χ0) is 11.4. The summed E-state index contributed by atoms with van der Waals surface area (Å²) in [6.07, 6.45) is 0.490. The highest BCUT2D eigenvalue weighted by Gasteiger charge is 2.25. The number of carbonyl (C=O) groups excluding carboxylic acids is 3. The van der Waals surface area contributed by atoms with Crippen LogP contribution in [0.3, 0.4) is 0 Å². The molecule has 0 saturated carbocycles. The number of rotatable bonds is 4. The second-order valence-corrected chi connectivity index (χ2v) is 3.84. The van der Waals surface area contributed by atoms with Gasteiger partial charge in [0.15, 0.2) is 5.78 Å². The number of aldehydes is 1. The third-order valence-electron chi connectivity index (χ3n) is 1.95. The number of esters is 1. The second-order valence-electron chi connectivity index (χ2n) is 2.89. The molecule has 15 heavy (non-hydrogen) atoms. The van der Waals surface area contributed by atoms with Crippen molar-refractivity contribution in [1.82, 2.24) is 0 Å². The Labute approximate surface area is 90.9 Å². The molecule has 1 rings (SSSR count). The van der Waals surface area contributed by atoms with Crippen LogP contribution in [0.25, 0.3) is 0 Å². The van der Waals surface area contributed by atoms with Crippen LogP contribution in [0.2, 0.25) is 0 Å². The SMILES string of the molecule is COC(=O)C(C=O)c1sccc1C(C)=O. The van der Waals surface area contributed by atoms with Crippen molar-refractivity contribution in [3.05, 3.63) is 21.9 Å². The molecular formula is C10H10O4S. The number of carbonyl (C=O) groups is 3. The van der Waals surface area contributed by atoms with Crippen molar-refractivity contribution in [2.45, 2.75) is 12.8 Å². The summed E-state index contributed by atoms with van der Waals surface area (Å²) in [6, 6.07) is 1.60. The average Bonchev–Trinajstić information content (AvgIpc) is 2.67. The van der Waals surface area contributed by atoms with E-state index in [1.807, 2.05) is 0 Å². The van der Waals surface area contributed by atoms with Gasteiger partial charge in [-0.15, -0.1) is 11.3 Å². The summed E-state index contributed by atoms with van der Waals surface area (Å²) in [7, 11) is 1.21. The van der Waals surface area contributed by atoms with Crippen LogP contribution in [-0.2, 0) is 14.3 Å². The van der Waals surface area contributed by atoms with E-state index in [1.165, 1.54) is 25.4 Å². The van der Waals surface area contributed by atoms with E-state index in [0.29, 0.717) is 16.7 Å². The Morgan fingerprint density at radius 3 is 2.67 bits per heavy atom. The Hall–Kier alpha value is -1.49. The van der Waals surface area contributed by atoms with Gasteiger partial charge >= 0.3 is 5.97 Å². The summed E-state index contributed by atoms with van der Waals surface area (Å²) < 4.78 is 4.49. The first-order chi connectivity index (χ1) is 7.11. The van der Waals surface area contributed by atoms with Crippen LogP contribution in [-0.4, -0.2) is 25.1 Å². The minimum Gasteiger partial charge on any atom is -0.468 e. The topological polar surface area (TPSA) is 60.4 Å². The zero-order valence-electron chi connectivity index (χ0n) is 8.35. The van der Waals surface area contributed by atoms with Crippen molar-refractivity contribution in [3.8, 4) is 0 Å². The van der Waals surface area contributed by atoms with Crippen molar-refractivity contribution >= 4 is 29.4 Å². The number of thiophene rings is 1. The van der Waals surface area contributed by atoms with Crippen molar-refractivity contribution in [2.24, 2.45) is 0 Å². The average molecular weight is 226 g/mol. The van der Waals surface area contributed by atoms with E-state index < -0.39 is 11.9 Å². The molecule has 0 aliphatic heterocycles. The van der Waals surface area contributed by atoms with Crippen LogP contribution in [0, 0.1) is 0 Å². The molecule has 0 N–H and O–H groups in total. The third-order valence-corrected chi connectivity index (χ3v) is 2.95. The van der Waals surface area contributed by atoms with Gasteiger partial charge in [0, 0.05) is 10.4 Å². The highest BCUT2D eigenvalue weighted by Crippen LogP contribution is 2.26. The Kier molecular flexibility index (Phi) is 3.74. The molecule has 5 heteroatoms. The van der Waals surface area contributed by atoms with E-state index in [-0.39, 0.29) is 5.78 Å². The molecule has 1 atom stereocenters. The predicted octanol–water partition coefficient (Wildman–Crippen LogP) is 1.41. The molecule has 80 valence electrons. The second kappa shape index (κ2) is 4.84. The van der Waals surface area contributed by atoms with E-state index in [9.17, 15) is 14.4 Å². The molecule has 1 heterocycles. The van der Waals surface area contributed by atoms with Gasteiger partial charge in [-0.05, 0) is 18.4 Å². The van der Waals surface area contributed by atoms with E-state index in [4.69, 9.17) is 0 Å². The minimum absolute atomic E-state index is 0.165. The number of Topliss-reactive ketones (excluding diaryl/α,β-unsaturated/α-hetero) is 1. The van der Waals surface area contributed by atoms with Crippen LogP contribution >= 0.6 is 11.3 Å². The number of methoxy groups -OCH3 is 1. The highest BCUT2D eigenvalue weighted by molar-refractivity contribution is 7.10. The zero-order valence-corrected chi connectivity index (χ0v) is 9.17. The number of ketones is 1. The Morgan fingerprint density at radius 1 is 1.53 bits per heavy atom. The standard InChI is InChI=1S/C10H10O4S/c1-6(12)7-3-4-15-9(7)8(5-11)10(13)14-2/h3-5,8H,1-2H3. The number of ether oxygens (including phenoxy) is 1. The van der Waals surface area contributed by atoms with Gasteiger partial charge in [0.2, 0.25) is 0 Å². The maximum absolute atomic E-state index is 11.3. The molecule has 0 amide bonds. The van der Waals surface area contributed by atoms with Gasteiger partial charge in [-0.1, -0.05) is 0 Å². The number of hydrogen-bond acceptors (Lipinski definition) is 5. The Bertz CT molecular complexity index is 394. The summed E-state index contributed by atoms with van der Waals surface area (Å²) in [5.41, 5.74) is 0.405. The van der Waals surface area contributed by atoms with E-state index in [0.717, 1.165) is 0 Å². The maximum atomic E-state index is 11.3. The Balaban J connectivity index is 3.12. The van der Waals surface area contributed by atoms with Crippen LogP contribution in [0.4, 0.5) is 0 Å². The lowest BCUT2D eigenvalue weighted by Crippen LogP contribution is -2.16. The van der Waals surface area contributed by atoms with Crippen LogP contribution in [0.5, 0.6) is 0 Å². The van der Waals surface area contributed by atoms with Gasteiger partial charge in [-0.3, -0.25) is 9.59 Å². The monoisotopic (exact) mass is 226 g/mol. The summed E-state index contributed by atoms with van der Waals surface area (Å²) in [5, 5.41) is 1.67. The minimum atomic E-state index is -0.992. The first kappa shape index (κ1) is 11.6. The molecule has 0 radical (unpaired) electrons. The quantitative estimate of drug-likeness (QED) is 0.337. The summed E-state index contributed by atoms with van der Waals surface area (Å²) >= 11 is 1.20. The predicted molar refractivity (Wildman–Crippen MR) is 55.1 cm³/mol.